The molecule has 1 saturated heterocycles. The molecular formula is C17H26N3O2S+. The SMILES string of the molecule is COc1ccc([C@H](CNC(=S)NC2CC2)[NH+]2CCOCC2)cc1. The van der Waals surface area contributed by atoms with Crippen LogP contribution >= 0.6 is 12.2 Å². The van der Waals surface area contributed by atoms with Gasteiger partial charge in [0.05, 0.1) is 26.9 Å². The van der Waals surface area contributed by atoms with E-state index in [-0.39, 0.29) is 0 Å². The van der Waals surface area contributed by atoms with Crippen LogP contribution in [-0.4, -0.2) is 51.1 Å². The third kappa shape index (κ3) is 4.80. The van der Waals surface area contributed by atoms with E-state index in [2.05, 4.69) is 22.8 Å². The molecule has 1 heterocycles. The molecule has 23 heavy (non-hydrogen) atoms. The van der Waals surface area contributed by atoms with Crippen LogP contribution in [0.15, 0.2) is 24.3 Å². The number of rotatable bonds is 6. The summed E-state index contributed by atoms with van der Waals surface area (Å²) in [6.45, 7) is 4.54. The first-order valence-corrected chi connectivity index (χ1v) is 8.77. The largest absolute Gasteiger partial charge is 0.497 e. The van der Waals surface area contributed by atoms with Gasteiger partial charge in [-0.2, -0.15) is 0 Å². The Hall–Kier alpha value is -1.37. The van der Waals surface area contributed by atoms with Crippen molar-refractivity contribution in [2.45, 2.75) is 24.9 Å². The van der Waals surface area contributed by atoms with Gasteiger partial charge in [0, 0.05) is 11.6 Å². The number of methoxy groups -OCH3 is 1. The van der Waals surface area contributed by atoms with E-state index in [0.717, 1.165) is 43.7 Å². The van der Waals surface area contributed by atoms with Crippen LogP contribution in [0, 0.1) is 0 Å². The molecule has 0 spiro atoms. The Bertz CT molecular complexity index is 513. The van der Waals surface area contributed by atoms with Gasteiger partial charge in [-0.1, -0.05) is 0 Å². The molecule has 1 aliphatic carbocycles. The molecule has 0 aromatic heterocycles. The highest BCUT2D eigenvalue weighted by atomic mass is 32.1. The van der Waals surface area contributed by atoms with Crippen molar-refractivity contribution in [3.05, 3.63) is 29.8 Å². The standard InChI is InChI=1S/C17H25N3O2S/c1-21-15-6-2-13(3-7-15)16(20-8-10-22-11-9-20)12-18-17(23)19-14-4-5-14/h2-3,6-7,14,16H,4-5,8-12H2,1H3,(H2,18,19,23)/p+1/t16-/m0/s1. The quantitative estimate of drug-likeness (QED) is 0.652. The molecule has 1 saturated carbocycles. The van der Waals surface area contributed by atoms with Crippen LogP contribution in [0.1, 0.15) is 24.4 Å². The minimum absolute atomic E-state index is 0.365. The second-order valence-corrected chi connectivity index (χ2v) is 6.63. The van der Waals surface area contributed by atoms with Crippen molar-refractivity contribution in [2.24, 2.45) is 0 Å². The number of morpholine rings is 1. The Morgan fingerprint density at radius 1 is 1.30 bits per heavy atom. The lowest BCUT2D eigenvalue weighted by Crippen LogP contribution is -3.15. The Kier molecular flexibility index (Phi) is 5.70. The maximum atomic E-state index is 5.51. The van der Waals surface area contributed by atoms with Crippen molar-refractivity contribution in [1.82, 2.24) is 10.6 Å². The van der Waals surface area contributed by atoms with Crippen molar-refractivity contribution in [1.29, 1.82) is 0 Å². The Labute approximate surface area is 143 Å². The average Bonchev–Trinajstić information content (AvgIpc) is 3.40. The molecule has 0 bridgehead atoms. The van der Waals surface area contributed by atoms with Gasteiger partial charge in [-0.25, -0.2) is 0 Å². The summed E-state index contributed by atoms with van der Waals surface area (Å²) in [4.78, 5) is 1.54. The third-order valence-corrected chi connectivity index (χ3v) is 4.79. The van der Waals surface area contributed by atoms with Crippen molar-refractivity contribution < 1.29 is 14.4 Å². The van der Waals surface area contributed by atoms with Crippen LogP contribution < -0.4 is 20.3 Å². The number of hydrogen-bond acceptors (Lipinski definition) is 3. The van der Waals surface area contributed by atoms with E-state index >= 15 is 0 Å². The molecule has 1 atom stereocenters. The fourth-order valence-corrected chi connectivity index (χ4v) is 3.23. The second-order valence-electron chi connectivity index (χ2n) is 6.23. The number of nitrogens with one attached hydrogen (secondary N) is 3. The Morgan fingerprint density at radius 2 is 2.00 bits per heavy atom. The smallest absolute Gasteiger partial charge is 0.166 e. The molecular weight excluding hydrogens is 310 g/mol. The zero-order valence-corrected chi connectivity index (χ0v) is 14.5. The molecule has 1 aromatic rings. The maximum Gasteiger partial charge on any atom is 0.166 e. The fraction of sp³-hybridized carbons (Fsp3) is 0.588. The summed E-state index contributed by atoms with van der Waals surface area (Å²) in [6.07, 6.45) is 2.47. The summed E-state index contributed by atoms with van der Waals surface area (Å²) in [5, 5.41) is 7.53. The molecule has 126 valence electrons. The molecule has 1 aliphatic heterocycles. The maximum absolute atomic E-state index is 5.51. The highest BCUT2D eigenvalue weighted by molar-refractivity contribution is 7.80. The summed E-state index contributed by atoms with van der Waals surface area (Å²) in [6, 6.07) is 9.33. The van der Waals surface area contributed by atoms with Crippen LogP contribution in [0.3, 0.4) is 0 Å². The number of benzene rings is 1. The number of hydrogen-bond donors (Lipinski definition) is 3. The first-order valence-electron chi connectivity index (χ1n) is 8.37. The lowest BCUT2D eigenvalue weighted by Gasteiger charge is -2.32. The molecule has 2 aliphatic rings. The fourth-order valence-electron chi connectivity index (χ4n) is 2.98. The molecule has 3 rings (SSSR count). The van der Waals surface area contributed by atoms with E-state index in [1.54, 1.807) is 12.0 Å². The molecule has 5 nitrogen and oxygen atoms in total. The molecule has 6 heteroatoms. The van der Waals surface area contributed by atoms with E-state index < -0.39 is 0 Å². The van der Waals surface area contributed by atoms with Crippen LogP contribution in [0.25, 0.3) is 0 Å². The average molecular weight is 336 g/mol. The highest BCUT2D eigenvalue weighted by Gasteiger charge is 2.27. The van der Waals surface area contributed by atoms with E-state index in [4.69, 9.17) is 21.7 Å². The van der Waals surface area contributed by atoms with Crippen LogP contribution in [0.5, 0.6) is 5.75 Å². The van der Waals surface area contributed by atoms with Crippen molar-refractivity contribution >= 4 is 17.3 Å². The van der Waals surface area contributed by atoms with Crippen LogP contribution in [0.4, 0.5) is 0 Å². The lowest BCUT2D eigenvalue weighted by atomic mass is 10.0. The predicted octanol–water partition coefficient (Wildman–Crippen LogP) is 0.278. The van der Waals surface area contributed by atoms with Gasteiger partial charge in [-0.05, 0) is 49.3 Å². The summed E-state index contributed by atoms with van der Waals surface area (Å²) in [5.74, 6) is 0.892. The lowest BCUT2D eigenvalue weighted by molar-refractivity contribution is -0.937. The van der Waals surface area contributed by atoms with Gasteiger partial charge in [0.25, 0.3) is 0 Å². The molecule has 0 unspecified atom stereocenters. The van der Waals surface area contributed by atoms with Gasteiger partial charge in [-0.3, -0.25) is 0 Å². The molecule has 0 amide bonds. The van der Waals surface area contributed by atoms with Gasteiger partial charge in [0.15, 0.2) is 5.11 Å². The van der Waals surface area contributed by atoms with E-state index in [1.807, 2.05) is 12.1 Å². The third-order valence-electron chi connectivity index (χ3n) is 4.53. The predicted molar refractivity (Wildman–Crippen MR) is 94.0 cm³/mol. The summed E-state index contributed by atoms with van der Waals surface area (Å²) in [5.41, 5.74) is 1.31. The van der Waals surface area contributed by atoms with Gasteiger partial charge >= 0.3 is 0 Å². The topological polar surface area (TPSA) is 47.0 Å². The van der Waals surface area contributed by atoms with Gasteiger partial charge in [0.2, 0.25) is 0 Å². The number of ether oxygens (including phenoxy) is 2. The highest BCUT2D eigenvalue weighted by Crippen LogP contribution is 2.18. The minimum Gasteiger partial charge on any atom is -0.497 e. The van der Waals surface area contributed by atoms with E-state index in [9.17, 15) is 0 Å². The molecule has 3 N–H and O–H groups in total. The van der Waals surface area contributed by atoms with Crippen molar-refractivity contribution in [2.75, 3.05) is 40.0 Å². The van der Waals surface area contributed by atoms with Gasteiger partial charge < -0.3 is 25.0 Å². The summed E-state index contributed by atoms with van der Waals surface area (Å²) < 4.78 is 10.8. The Balaban J connectivity index is 1.65. The monoisotopic (exact) mass is 336 g/mol. The minimum atomic E-state index is 0.365. The second kappa shape index (κ2) is 7.95. The van der Waals surface area contributed by atoms with Gasteiger partial charge in [-0.15, -0.1) is 0 Å². The summed E-state index contributed by atoms with van der Waals surface area (Å²) >= 11 is 5.40. The van der Waals surface area contributed by atoms with Crippen LogP contribution in [0.2, 0.25) is 0 Å². The number of quaternary nitrogens is 1. The van der Waals surface area contributed by atoms with Gasteiger partial charge in [0.1, 0.15) is 24.9 Å². The molecule has 0 radical (unpaired) electrons. The van der Waals surface area contributed by atoms with E-state index in [0.29, 0.717) is 12.1 Å². The summed E-state index contributed by atoms with van der Waals surface area (Å²) in [7, 11) is 1.70. The number of thiocarbonyl (C=S) groups is 1. The normalized spacial score (nSPS) is 19.9. The van der Waals surface area contributed by atoms with E-state index in [1.165, 1.54) is 18.4 Å². The Morgan fingerprint density at radius 3 is 2.61 bits per heavy atom. The molecule has 1 aromatic carbocycles. The first kappa shape index (κ1) is 16.5. The zero-order chi connectivity index (χ0) is 16.1. The first-order chi connectivity index (χ1) is 11.3. The van der Waals surface area contributed by atoms with Crippen molar-refractivity contribution in [3.63, 3.8) is 0 Å². The zero-order valence-electron chi connectivity index (χ0n) is 13.6. The van der Waals surface area contributed by atoms with Crippen molar-refractivity contribution in [3.8, 4) is 5.75 Å². The molecule has 2 fully saturated rings. The van der Waals surface area contributed by atoms with Crippen LogP contribution in [-0.2, 0) is 4.74 Å².